The molecule has 0 saturated carbocycles. The topological polar surface area (TPSA) is 160 Å². The van der Waals surface area contributed by atoms with Crippen molar-refractivity contribution in [2.45, 2.75) is 95.5 Å². The number of hydrogen-bond acceptors (Lipinski definition) is 11. The maximum Gasteiger partial charge on any atom is 0.417 e. The van der Waals surface area contributed by atoms with Crippen LogP contribution >= 0.6 is 12.6 Å². The van der Waals surface area contributed by atoms with Crippen molar-refractivity contribution in [2.75, 3.05) is 40.1 Å². The van der Waals surface area contributed by atoms with E-state index in [1.165, 1.54) is 11.0 Å². The Labute approximate surface area is 340 Å². The van der Waals surface area contributed by atoms with Crippen LogP contribution in [0.4, 0.5) is 35.9 Å². The molecule has 58 heavy (non-hydrogen) atoms. The van der Waals surface area contributed by atoms with E-state index in [2.05, 4.69) is 32.8 Å². The van der Waals surface area contributed by atoms with Crippen molar-refractivity contribution < 1.29 is 37.1 Å². The number of aryl methyl sites for hydroxylation is 1. The van der Waals surface area contributed by atoms with Gasteiger partial charge in [-0.3, -0.25) is 34.3 Å². The van der Waals surface area contributed by atoms with Crippen LogP contribution in [-0.2, 0) is 31.8 Å². The Balaban J connectivity index is 1.01. The van der Waals surface area contributed by atoms with Crippen molar-refractivity contribution in [3.63, 3.8) is 0 Å². The highest BCUT2D eigenvalue weighted by molar-refractivity contribution is 7.81. The van der Waals surface area contributed by atoms with Gasteiger partial charge in [0.1, 0.15) is 11.6 Å². The summed E-state index contributed by atoms with van der Waals surface area (Å²) in [5.41, 5.74) is -1.23. The summed E-state index contributed by atoms with van der Waals surface area (Å²) in [5.74, 6) is -0.416. The first-order valence-electron chi connectivity index (χ1n) is 19.3. The first-order chi connectivity index (χ1) is 27.5. The number of hydrogen-bond donors (Lipinski definition) is 4. The van der Waals surface area contributed by atoms with Gasteiger partial charge < -0.3 is 20.3 Å². The Hall–Kier alpha value is -5.34. The number of carbonyl (C=O) groups excluding carboxylic acids is 4. The van der Waals surface area contributed by atoms with Gasteiger partial charge in [-0.25, -0.2) is 4.98 Å². The highest BCUT2D eigenvalue weighted by Crippen LogP contribution is 2.43. The highest BCUT2D eigenvalue weighted by Gasteiger charge is 2.52. The van der Waals surface area contributed by atoms with E-state index in [1.54, 1.807) is 55.3 Å². The number of ether oxygens (including phenoxy) is 1. The van der Waals surface area contributed by atoms with Gasteiger partial charge >= 0.3 is 6.18 Å². The molecule has 13 nitrogen and oxygen atoms in total. The van der Waals surface area contributed by atoms with Crippen LogP contribution in [0.15, 0.2) is 54.7 Å². The molecular formula is C41H47F3N8O5S. The van der Waals surface area contributed by atoms with Gasteiger partial charge in [0.05, 0.1) is 42.2 Å². The second-order valence-corrected chi connectivity index (χ2v) is 15.9. The molecule has 0 radical (unpaired) electrons. The lowest BCUT2D eigenvalue weighted by molar-refractivity contribution is -0.138. The first kappa shape index (κ1) is 42.3. The van der Waals surface area contributed by atoms with Crippen molar-refractivity contribution in [3.8, 4) is 11.9 Å². The van der Waals surface area contributed by atoms with Crippen LogP contribution in [0.2, 0.25) is 0 Å². The van der Waals surface area contributed by atoms with Gasteiger partial charge in [0.15, 0.2) is 5.50 Å². The van der Waals surface area contributed by atoms with Crippen LogP contribution < -0.4 is 30.5 Å². The summed E-state index contributed by atoms with van der Waals surface area (Å²) in [6.07, 6.45) is 0.590. The van der Waals surface area contributed by atoms with Crippen molar-refractivity contribution in [1.82, 2.24) is 15.2 Å². The smallest absolute Gasteiger partial charge is 0.417 e. The number of amides is 4. The van der Waals surface area contributed by atoms with E-state index in [0.717, 1.165) is 43.5 Å². The van der Waals surface area contributed by atoms with Gasteiger partial charge in [-0.15, -0.1) is 12.6 Å². The molecule has 0 bridgehead atoms. The zero-order valence-corrected chi connectivity index (χ0v) is 33.6. The molecule has 1 aromatic heterocycles. The highest BCUT2D eigenvalue weighted by atomic mass is 32.1. The van der Waals surface area contributed by atoms with Crippen LogP contribution in [0.3, 0.4) is 0 Å². The minimum atomic E-state index is -4.79. The Morgan fingerprint density at radius 3 is 2.55 bits per heavy atom. The van der Waals surface area contributed by atoms with Crippen LogP contribution in [-0.4, -0.2) is 76.3 Å². The SMILES string of the molecule is CCc1cc(N2C(S)N(c3ccc(C#N)c(C(F)(F)F)c3)C(=O)C2(C)C)cnc1OCC[C@@H]1CCN(CC(=O)Nc2cccc(NC3CCC(=O)NC3=O)c2)[C@@H](C)C1. The van der Waals surface area contributed by atoms with Gasteiger partial charge in [0, 0.05) is 35.1 Å². The number of carbonyl (C=O) groups is 4. The summed E-state index contributed by atoms with van der Waals surface area (Å²) in [5, 5.41) is 17.7. The molecule has 3 aliphatic heterocycles. The molecule has 3 aromatic rings. The zero-order chi connectivity index (χ0) is 41.9. The minimum absolute atomic E-state index is 0.0252. The summed E-state index contributed by atoms with van der Waals surface area (Å²) < 4.78 is 47.5. The molecule has 0 aliphatic carbocycles. The van der Waals surface area contributed by atoms with E-state index < -0.39 is 40.3 Å². The number of thiol groups is 1. The Morgan fingerprint density at radius 2 is 1.86 bits per heavy atom. The molecule has 2 aromatic carbocycles. The molecule has 17 heteroatoms. The fourth-order valence-electron chi connectivity index (χ4n) is 7.87. The molecular weight excluding hydrogens is 774 g/mol. The Kier molecular flexibility index (Phi) is 12.6. The maximum atomic E-state index is 13.8. The fraction of sp³-hybridized carbons (Fsp3) is 0.463. The number of alkyl halides is 3. The lowest BCUT2D eigenvalue weighted by atomic mass is 9.89. The van der Waals surface area contributed by atoms with Crippen LogP contribution in [0.25, 0.3) is 0 Å². The maximum absolute atomic E-state index is 13.8. The third-order valence-electron chi connectivity index (χ3n) is 11.0. The fourth-order valence-corrected chi connectivity index (χ4v) is 8.53. The van der Waals surface area contributed by atoms with Crippen molar-refractivity contribution in [3.05, 3.63) is 71.4 Å². The number of anilines is 4. The van der Waals surface area contributed by atoms with Crippen molar-refractivity contribution >= 4 is 59.0 Å². The standard InChI is InChI=1S/C41H47F3N8O5S/c1-5-26-18-31(52-39(58)51(38(56)40(52,3)4)30-10-9-27(21-45)32(20-30)41(42,43)44)22-46-37(26)57-16-14-25-13-15-50(24(2)17-25)23-35(54)48-29-8-6-7-28(19-29)47-33-11-12-34(53)49-36(33)55/h6-10,18-20,22,24-25,33,39,47,58H,5,11-17,23H2,1-4H3,(H,48,54)(H,49,53,55)/t24-,25-,33?,39?/m0/s1. The number of benzene rings is 2. The number of rotatable bonds is 12. The van der Waals surface area contributed by atoms with E-state index >= 15 is 0 Å². The van der Waals surface area contributed by atoms with Crippen molar-refractivity contribution in [2.24, 2.45) is 5.92 Å². The van der Waals surface area contributed by atoms with E-state index in [1.807, 2.05) is 13.0 Å². The second kappa shape index (κ2) is 17.3. The van der Waals surface area contributed by atoms with E-state index in [9.17, 15) is 37.6 Å². The third-order valence-corrected chi connectivity index (χ3v) is 11.5. The number of nitrogens with zero attached hydrogens (tertiary/aromatic N) is 5. The molecule has 3 N–H and O–H groups in total. The summed E-state index contributed by atoms with van der Waals surface area (Å²) in [7, 11) is 0. The summed E-state index contributed by atoms with van der Waals surface area (Å²) in [6, 6.07) is 13.4. The van der Waals surface area contributed by atoms with Gasteiger partial charge in [-0.2, -0.15) is 18.4 Å². The van der Waals surface area contributed by atoms with Gasteiger partial charge in [-0.05, 0) is 108 Å². The number of imide groups is 1. The lowest BCUT2D eigenvalue weighted by Gasteiger charge is -2.37. The molecule has 3 aliphatic rings. The molecule has 308 valence electrons. The minimum Gasteiger partial charge on any atom is -0.477 e. The number of pyridine rings is 1. The molecule has 2 unspecified atom stereocenters. The largest absolute Gasteiger partial charge is 0.477 e. The number of likely N-dealkylation sites (tertiary alicyclic amines) is 1. The zero-order valence-electron chi connectivity index (χ0n) is 32.7. The average Bonchev–Trinajstić information content (AvgIpc) is 3.35. The number of nitrogens with one attached hydrogen (secondary N) is 3. The molecule has 6 rings (SSSR count). The van der Waals surface area contributed by atoms with E-state index in [0.29, 0.717) is 48.3 Å². The summed E-state index contributed by atoms with van der Waals surface area (Å²) >= 11 is 4.70. The van der Waals surface area contributed by atoms with Crippen LogP contribution in [0.5, 0.6) is 5.88 Å². The first-order valence-corrected chi connectivity index (χ1v) is 19.8. The van der Waals surface area contributed by atoms with Crippen LogP contribution in [0, 0.1) is 17.2 Å². The van der Waals surface area contributed by atoms with Gasteiger partial charge in [0.25, 0.3) is 5.91 Å². The van der Waals surface area contributed by atoms with E-state index in [-0.39, 0.29) is 42.4 Å². The molecule has 3 saturated heterocycles. The average molecular weight is 821 g/mol. The van der Waals surface area contributed by atoms with Gasteiger partial charge in [-0.1, -0.05) is 13.0 Å². The predicted molar refractivity (Wildman–Crippen MR) is 215 cm³/mol. The van der Waals surface area contributed by atoms with Crippen LogP contribution in [0.1, 0.15) is 76.5 Å². The number of aromatic nitrogens is 1. The summed E-state index contributed by atoms with van der Waals surface area (Å²) in [6.45, 7) is 8.82. The molecule has 4 heterocycles. The number of piperidine rings is 2. The number of halogens is 3. The normalized spacial score (nSPS) is 22.4. The molecule has 4 amide bonds. The van der Waals surface area contributed by atoms with Gasteiger partial charge in [0.2, 0.25) is 23.6 Å². The monoisotopic (exact) mass is 820 g/mol. The van der Waals surface area contributed by atoms with Crippen molar-refractivity contribution in [1.29, 1.82) is 5.26 Å². The second-order valence-electron chi connectivity index (χ2n) is 15.4. The molecule has 4 atom stereocenters. The molecule has 0 spiro atoms. The molecule has 3 fully saturated rings. The Morgan fingerprint density at radius 1 is 1.10 bits per heavy atom. The number of nitriles is 1. The van der Waals surface area contributed by atoms with E-state index in [4.69, 9.17) is 17.4 Å². The lowest BCUT2D eigenvalue weighted by Crippen LogP contribution is -2.47. The predicted octanol–water partition coefficient (Wildman–Crippen LogP) is 6.10. The quantitative estimate of drug-likeness (QED) is 0.124. The summed E-state index contributed by atoms with van der Waals surface area (Å²) in [4.78, 5) is 60.0. The third kappa shape index (κ3) is 9.18. The Bertz CT molecular complexity index is 2110.